The zero-order valence-electron chi connectivity index (χ0n) is 17.3. The summed E-state index contributed by atoms with van der Waals surface area (Å²) in [4.78, 5) is 30.1. The Hall–Kier alpha value is -4.20. The molecule has 0 atom stereocenters. The van der Waals surface area contributed by atoms with Gasteiger partial charge in [-0.1, -0.05) is 23.4 Å². The van der Waals surface area contributed by atoms with Gasteiger partial charge in [0, 0.05) is 11.5 Å². The lowest BCUT2D eigenvalue weighted by atomic mass is 10.0. The SMILES string of the molecule is Cc1cc(NC(=O)COC(=O)c2c3c(nc4ccccc24)/C(=C/c2ccco2)CC3)no1. The summed E-state index contributed by atoms with van der Waals surface area (Å²) in [5.74, 6) is 0.498. The Morgan fingerprint density at radius 3 is 2.84 bits per heavy atom. The Balaban J connectivity index is 1.44. The van der Waals surface area contributed by atoms with Crippen LogP contribution >= 0.6 is 0 Å². The summed E-state index contributed by atoms with van der Waals surface area (Å²) >= 11 is 0. The molecule has 0 saturated carbocycles. The van der Waals surface area contributed by atoms with E-state index in [2.05, 4.69) is 10.5 Å². The van der Waals surface area contributed by atoms with E-state index in [1.807, 2.05) is 42.5 Å². The van der Waals surface area contributed by atoms with Crippen LogP contribution < -0.4 is 5.32 Å². The van der Waals surface area contributed by atoms with E-state index >= 15 is 0 Å². The highest BCUT2D eigenvalue weighted by Gasteiger charge is 2.28. The van der Waals surface area contributed by atoms with Crippen molar-refractivity contribution < 1.29 is 23.3 Å². The Bertz CT molecular complexity index is 1350. The fourth-order valence-electron chi connectivity index (χ4n) is 3.86. The first-order valence-electron chi connectivity index (χ1n) is 10.1. The van der Waals surface area contributed by atoms with Gasteiger partial charge in [0.05, 0.1) is 23.0 Å². The van der Waals surface area contributed by atoms with Crippen molar-refractivity contribution in [1.29, 1.82) is 0 Å². The number of amides is 1. The molecule has 0 bridgehead atoms. The minimum absolute atomic E-state index is 0.270. The molecule has 160 valence electrons. The largest absolute Gasteiger partial charge is 0.465 e. The second-order valence-corrected chi connectivity index (χ2v) is 7.46. The van der Waals surface area contributed by atoms with Crippen molar-refractivity contribution in [1.82, 2.24) is 10.1 Å². The summed E-state index contributed by atoms with van der Waals surface area (Å²) in [6, 6.07) is 12.7. The Kier molecular flexibility index (Phi) is 5.03. The second-order valence-electron chi connectivity index (χ2n) is 7.46. The summed E-state index contributed by atoms with van der Waals surface area (Å²) in [5.41, 5.74) is 3.70. The molecule has 8 nitrogen and oxygen atoms in total. The first-order valence-corrected chi connectivity index (χ1v) is 10.1. The first kappa shape index (κ1) is 19.7. The van der Waals surface area contributed by atoms with Gasteiger partial charge in [-0.2, -0.15) is 0 Å². The maximum Gasteiger partial charge on any atom is 0.339 e. The third-order valence-corrected chi connectivity index (χ3v) is 5.24. The number of hydrogen-bond acceptors (Lipinski definition) is 7. The number of allylic oxidation sites excluding steroid dienone is 1. The van der Waals surface area contributed by atoms with Gasteiger partial charge in [-0.25, -0.2) is 9.78 Å². The van der Waals surface area contributed by atoms with Crippen LogP contribution in [0.3, 0.4) is 0 Å². The Labute approximate surface area is 182 Å². The van der Waals surface area contributed by atoms with E-state index < -0.39 is 18.5 Å². The molecule has 0 saturated heterocycles. The van der Waals surface area contributed by atoms with Crippen LogP contribution in [0, 0.1) is 6.92 Å². The van der Waals surface area contributed by atoms with Gasteiger partial charge < -0.3 is 19.0 Å². The number of aryl methyl sites for hydroxylation is 1. The normalized spacial score (nSPS) is 14.0. The molecule has 1 N–H and O–H groups in total. The standard InChI is InChI=1S/C24H19N3O5/c1-14-11-20(27-32-14)26-21(28)13-31-24(29)22-17-6-2-3-7-19(17)25-23-15(8-9-18(22)23)12-16-5-4-10-30-16/h2-7,10-12H,8-9,13H2,1H3,(H,26,27,28)/b15-12+. The molecule has 1 aliphatic rings. The number of anilines is 1. The maximum atomic E-state index is 13.1. The molecule has 4 aromatic rings. The van der Waals surface area contributed by atoms with Crippen molar-refractivity contribution >= 4 is 40.2 Å². The van der Waals surface area contributed by atoms with Gasteiger partial charge in [0.25, 0.3) is 5.91 Å². The number of benzene rings is 1. The maximum absolute atomic E-state index is 13.1. The quantitative estimate of drug-likeness (QED) is 0.468. The highest BCUT2D eigenvalue weighted by molar-refractivity contribution is 6.07. The van der Waals surface area contributed by atoms with Crippen molar-refractivity contribution in [2.75, 3.05) is 11.9 Å². The lowest BCUT2D eigenvalue weighted by molar-refractivity contribution is -0.119. The molecule has 0 radical (unpaired) electrons. The van der Waals surface area contributed by atoms with E-state index in [1.54, 1.807) is 19.3 Å². The number of rotatable bonds is 5. The number of hydrogen-bond donors (Lipinski definition) is 1. The summed E-state index contributed by atoms with van der Waals surface area (Å²) in [6.07, 6.45) is 4.93. The van der Waals surface area contributed by atoms with Crippen LogP contribution in [0.5, 0.6) is 0 Å². The number of fused-ring (bicyclic) bond motifs is 2. The average Bonchev–Trinajstić information content (AvgIpc) is 3.53. The number of aromatic nitrogens is 2. The number of carbonyl (C=O) groups is 2. The highest BCUT2D eigenvalue weighted by Crippen LogP contribution is 2.37. The fourth-order valence-corrected chi connectivity index (χ4v) is 3.86. The molecule has 3 heterocycles. The van der Waals surface area contributed by atoms with Gasteiger partial charge in [-0.15, -0.1) is 0 Å². The van der Waals surface area contributed by atoms with E-state index in [0.29, 0.717) is 28.6 Å². The number of pyridine rings is 1. The van der Waals surface area contributed by atoms with E-state index in [0.717, 1.165) is 29.0 Å². The predicted octanol–water partition coefficient (Wildman–Crippen LogP) is 4.41. The Morgan fingerprint density at radius 1 is 1.19 bits per heavy atom. The van der Waals surface area contributed by atoms with Gasteiger partial charge in [-0.3, -0.25) is 4.79 Å². The zero-order valence-corrected chi connectivity index (χ0v) is 17.3. The van der Waals surface area contributed by atoms with Gasteiger partial charge >= 0.3 is 5.97 Å². The van der Waals surface area contributed by atoms with Crippen molar-refractivity contribution in [3.05, 3.63) is 77.1 Å². The molecule has 1 aromatic carbocycles. The van der Waals surface area contributed by atoms with Crippen LogP contribution in [0.25, 0.3) is 22.6 Å². The lowest BCUT2D eigenvalue weighted by Crippen LogP contribution is -2.22. The summed E-state index contributed by atoms with van der Waals surface area (Å²) in [7, 11) is 0. The Morgan fingerprint density at radius 2 is 2.06 bits per heavy atom. The minimum Gasteiger partial charge on any atom is -0.465 e. The summed E-state index contributed by atoms with van der Waals surface area (Å²) < 4.78 is 15.7. The smallest absolute Gasteiger partial charge is 0.339 e. The van der Waals surface area contributed by atoms with Crippen molar-refractivity contribution in [3.63, 3.8) is 0 Å². The van der Waals surface area contributed by atoms with Gasteiger partial charge in [0.15, 0.2) is 12.4 Å². The van der Waals surface area contributed by atoms with Crippen molar-refractivity contribution in [2.45, 2.75) is 19.8 Å². The molecule has 8 heteroatoms. The molecule has 3 aromatic heterocycles. The van der Waals surface area contributed by atoms with E-state index in [-0.39, 0.29) is 5.82 Å². The van der Waals surface area contributed by atoms with Crippen LogP contribution in [-0.2, 0) is 16.0 Å². The minimum atomic E-state index is -0.564. The van der Waals surface area contributed by atoms with E-state index in [4.69, 9.17) is 18.7 Å². The number of carbonyl (C=O) groups excluding carboxylic acids is 2. The van der Waals surface area contributed by atoms with Crippen LogP contribution in [-0.4, -0.2) is 28.6 Å². The van der Waals surface area contributed by atoms with Crippen molar-refractivity contribution in [3.8, 4) is 0 Å². The molecule has 0 aliphatic heterocycles. The van der Waals surface area contributed by atoms with Crippen LogP contribution in [0.2, 0.25) is 0 Å². The third-order valence-electron chi connectivity index (χ3n) is 5.24. The average molecular weight is 429 g/mol. The van der Waals surface area contributed by atoms with E-state index in [9.17, 15) is 9.59 Å². The molecule has 0 fully saturated rings. The number of nitrogens with zero attached hydrogens (tertiary/aromatic N) is 2. The topological polar surface area (TPSA) is 107 Å². The second kappa shape index (κ2) is 8.14. The molecule has 0 unspecified atom stereocenters. The molecule has 1 amide bonds. The number of esters is 1. The van der Waals surface area contributed by atoms with Crippen LogP contribution in [0.15, 0.2) is 57.7 Å². The van der Waals surface area contributed by atoms with Gasteiger partial charge in [-0.05, 0) is 55.2 Å². The molecule has 1 aliphatic carbocycles. The lowest BCUT2D eigenvalue weighted by Gasteiger charge is -2.12. The van der Waals surface area contributed by atoms with E-state index in [1.165, 1.54) is 0 Å². The van der Waals surface area contributed by atoms with Gasteiger partial charge in [0.1, 0.15) is 11.5 Å². The zero-order chi connectivity index (χ0) is 22.1. The first-order chi connectivity index (χ1) is 15.6. The number of furan rings is 1. The van der Waals surface area contributed by atoms with Gasteiger partial charge in [0.2, 0.25) is 0 Å². The van der Waals surface area contributed by atoms with Crippen LogP contribution in [0.4, 0.5) is 5.82 Å². The molecule has 0 spiro atoms. The number of para-hydroxylation sites is 1. The van der Waals surface area contributed by atoms with Crippen molar-refractivity contribution in [2.24, 2.45) is 0 Å². The molecule has 5 rings (SSSR count). The highest BCUT2D eigenvalue weighted by atomic mass is 16.5. The third kappa shape index (κ3) is 3.78. The molecule has 32 heavy (non-hydrogen) atoms. The summed E-state index contributed by atoms with van der Waals surface area (Å²) in [6.45, 7) is 1.28. The summed E-state index contributed by atoms with van der Waals surface area (Å²) in [5, 5.41) is 6.93. The monoisotopic (exact) mass is 429 g/mol. The molecular formula is C24H19N3O5. The predicted molar refractivity (Wildman–Crippen MR) is 117 cm³/mol. The molecular weight excluding hydrogens is 410 g/mol. The fraction of sp³-hybridized carbons (Fsp3) is 0.167. The number of ether oxygens (including phenoxy) is 1. The van der Waals surface area contributed by atoms with Crippen LogP contribution in [0.1, 0.15) is 39.6 Å². The number of nitrogens with one attached hydrogen (secondary N) is 1.